The van der Waals surface area contributed by atoms with E-state index in [9.17, 15) is 9.59 Å². The standard InChI is InChI=1S/C24H38N2O4/c1-24(2,30-4)15-7-5-6-10-22(27)25-21(18-26-16-8-9-17-26)23(28)19-11-13-20(29-3)14-12-19/h11-14,21H,5-10,15-18H2,1-4H3,(H,25,27)/t21-/m1/s1. The van der Waals surface area contributed by atoms with Crippen molar-refractivity contribution in [1.29, 1.82) is 0 Å². The Kier molecular flexibility index (Phi) is 9.79. The molecule has 0 aromatic heterocycles. The minimum Gasteiger partial charge on any atom is -0.497 e. The minimum absolute atomic E-state index is 0.0419. The first-order valence-corrected chi connectivity index (χ1v) is 11.1. The van der Waals surface area contributed by atoms with Crippen molar-refractivity contribution in [3.05, 3.63) is 29.8 Å². The Labute approximate surface area is 181 Å². The van der Waals surface area contributed by atoms with Gasteiger partial charge in [0.1, 0.15) is 11.8 Å². The first kappa shape index (κ1) is 24.4. The predicted molar refractivity (Wildman–Crippen MR) is 119 cm³/mol. The number of Topliss-reactive ketones (excluding diaryl/α,β-unsaturated/α-hetero) is 1. The number of hydrogen-bond donors (Lipinski definition) is 1. The van der Waals surface area contributed by atoms with Crippen molar-refractivity contribution in [3.63, 3.8) is 0 Å². The first-order chi connectivity index (χ1) is 14.3. The molecular formula is C24H38N2O4. The van der Waals surface area contributed by atoms with E-state index >= 15 is 0 Å². The molecule has 1 saturated heterocycles. The molecule has 0 unspecified atom stereocenters. The number of unbranched alkanes of at least 4 members (excludes halogenated alkanes) is 2. The van der Waals surface area contributed by atoms with Crippen molar-refractivity contribution in [1.82, 2.24) is 10.2 Å². The van der Waals surface area contributed by atoms with Crippen molar-refractivity contribution in [3.8, 4) is 5.75 Å². The topological polar surface area (TPSA) is 67.9 Å². The molecule has 0 spiro atoms. The van der Waals surface area contributed by atoms with Crippen molar-refractivity contribution >= 4 is 11.7 Å². The molecule has 1 aliphatic heterocycles. The molecule has 1 aromatic carbocycles. The molecule has 0 aliphatic carbocycles. The van der Waals surface area contributed by atoms with Crippen LogP contribution in [-0.2, 0) is 9.53 Å². The molecule has 1 aromatic rings. The van der Waals surface area contributed by atoms with Crippen molar-refractivity contribution < 1.29 is 19.1 Å². The number of benzene rings is 1. The zero-order valence-electron chi connectivity index (χ0n) is 19.0. The zero-order chi connectivity index (χ0) is 22.0. The van der Waals surface area contributed by atoms with Crippen molar-refractivity contribution in [2.45, 2.75) is 70.4 Å². The summed E-state index contributed by atoms with van der Waals surface area (Å²) in [7, 11) is 3.33. The van der Waals surface area contributed by atoms with Crippen LogP contribution >= 0.6 is 0 Å². The fourth-order valence-electron chi connectivity index (χ4n) is 3.76. The summed E-state index contributed by atoms with van der Waals surface area (Å²) in [6, 6.07) is 6.58. The lowest BCUT2D eigenvalue weighted by Gasteiger charge is -2.24. The van der Waals surface area contributed by atoms with E-state index in [2.05, 4.69) is 24.1 Å². The normalized spacial score (nSPS) is 15.7. The van der Waals surface area contributed by atoms with Crippen LogP contribution in [-0.4, -0.2) is 62.1 Å². The fourth-order valence-corrected chi connectivity index (χ4v) is 3.76. The lowest BCUT2D eigenvalue weighted by atomic mass is 9.99. The van der Waals surface area contributed by atoms with E-state index in [1.807, 2.05) is 0 Å². The summed E-state index contributed by atoms with van der Waals surface area (Å²) in [5, 5.41) is 3.00. The van der Waals surface area contributed by atoms with Crippen LogP contribution < -0.4 is 10.1 Å². The Morgan fingerprint density at radius 2 is 1.73 bits per heavy atom. The van der Waals surface area contributed by atoms with Crippen LogP contribution in [0, 0.1) is 0 Å². The maximum atomic E-state index is 13.1. The highest BCUT2D eigenvalue weighted by molar-refractivity contribution is 6.02. The molecule has 1 atom stereocenters. The van der Waals surface area contributed by atoms with Gasteiger partial charge in [-0.05, 0) is 76.9 Å². The maximum absolute atomic E-state index is 13.1. The number of ketones is 1. The summed E-state index contributed by atoms with van der Waals surface area (Å²) < 4.78 is 10.6. The van der Waals surface area contributed by atoms with Gasteiger partial charge >= 0.3 is 0 Å². The molecule has 1 heterocycles. The third-order valence-electron chi connectivity index (χ3n) is 5.90. The van der Waals surface area contributed by atoms with Gasteiger partial charge in [-0.25, -0.2) is 0 Å². The van der Waals surface area contributed by atoms with Crippen LogP contribution in [0.4, 0.5) is 0 Å². The van der Waals surface area contributed by atoms with E-state index in [-0.39, 0.29) is 17.3 Å². The van der Waals surface area contributed by atoms with Crippen LogP contribution in [0.3, 0.4) is 0 Å². The molecule has 0 bridgehead atoms. The second kappa shape index (κ2) is 12.1. The highest BCUT2D eigenvalue weighted by atomic mass is 16.5. The van der Waals surface area contributed by atoms with Gasteiger partial charge in [0.15, 0.2) is 5.78 Å². The molecule has 1 N–H and O–H groups in total. The molecule has 1 fully saturated rings. The van der Waals surface area contributed by atoms with E-state index in [4.69, 9.17) is 9.47 Å². The average molecular weight is 419 g/mol. The number of rotatable bonds is 13. The van der Waals surface area contributed by atoms with Gasteiger partial charge in [-0.15, -0.1) is 0 Å². The van der Waals surface area contributed by atoms with E-state index in [1.165, 1.54) is 0 Å². The third-order valence-corrected chi connectivity index (χ3v) is 5.90. The van der Waals surface area contributed by atoms with Gasteiger partial charge in [0.05, 0.1) is 12.7 Å². The van der Waals surface area contributed by atoms with E-state index in [0.29, 0.717) is 24.3 Å². The van der Waals surface area contributed by atoms with Gasteiger partial charge in [-0.1, -0.05) is 12.8 Å². The number of nitrogens with one attached hydrogen (secondary N) is 1. The highest BCUT2D eigenvalue weighted by Gasteiger charge is 2.26. The fraction of sp³-hybridized carbons (Fsp3) is 0.667. The Hall–Kier alpha value is -1.92. The lowest BCUT2D eigenvalue weighted by Crippen LogP contribution is -2.48. The highest BCUT2D eigenvalue weighted by Crippen LogP contribution is 2.18. The lowest BCUT2D eigenvalue weighted by molar-refractivity contribution is -0.121. The Morgan fingerprint density at radius 3 is 2.33 bits per heavy atom. The van der Waals surface area contributed by atoms with Gasteiger partial charge in [0.2, 0.25) is 5.91 Å². The largest absolute Gasteiger partial charge is 0.497 e. The van der Waals surface area contributed by atoms with Crippen molar-refractivity contribution in [2.75, 3.05) is 33.9 Å². The summed E-state index contributed by atoms with van der Waals surface area (Å²) in [5.41, 5.74) is 0.482. The quantitative estimate of drug-likeness (QED) is 0.389. The molecular weight excluding hydrogens is 380 g/mol. The smallest absolute Gasteiger partial charge is 0.220 e. The molecule has 6 heteroatoms. The number of carbonyl (C=O) groups excluding carboxylic acids is 2. The average Bonchev–Trinajstić information content (AvgIpc) is 3.25. The van der Waals surface area contributed by atoms with Crippen molar-refractivity contribution in [2.24, 2.45) is 0 Å². The maximum Gasteiger partial charge on any atom is 0.220 e. The zero-order valence-corrected chi connectivity index (χ0v) is 19.0. The Bertz CT molecular complexity index is 666. The minimum atomic E-state index is -0.517. The molecule has 2 rings (SSSR count). The monoisotopic (exact) mass is 418 g/mol. The second-order valence-corrected chi connectivity index (χ2v) is 8.75. The third kappa shape index (κ3) is 8.07. The van der Waals surface area contributed by atoms with Crippen LogP contribution in [0.15, 0.2) is 24.3 Å². The van der Waals surface area contributed by atoms with Gasteiger partial charge < -0.3 is 19.7 Å². The summed E-state index contributed by atoms with van der Waals surface area (Å²) in [6.45, 7) is 6.69. The van der Waals surface area contributed by atoms with Gasteiger partial charge in [-0.3, -0.25) is 9.59 Å². The van der Waals surface area contributed by atoms with E-state index < -0.39 is 6.04 Å². The van der Waals surface area contributed by atoms with Crippen LogP contribution in [0.5, 0.6) is 5.75 Å². The van der Waals surface area contributed by atoms with Crippen LogP contribution in [0.1, 0.15) is 69.2 Å². The van der Waals surface area contributed by atoms with Crippen LogP contribution in [0.2, 0.25) is 0 Å². The summed E-state index contributed by atoms with van der Waals surface area (Å²) >= 11 is 0. The van der Waals surface area contributed by atoms with E-state index in [0.717, 1.165) is 51.6 Å². The molecule has 168 valence electrons. The van der Waals surface area contributed by atoms with Crippen LogP contribution in [0.25, 0.3) is 0 Å². The van der Waals surface area contributed by atoms with Gasteiger partial charge in [-0.2, -0.15) is 0 Å². The van der Waals surface area contributed by atoms with E-state index in [1.54, 1.807) is 38.5 Å². The predicted octanol–water partition coefficient (Wildman–Crippen LogP) is 3.83. The molecule has 6 nitrogen and oxygen atoms in total. The summed E-state index contributed by atoms with van der Waals surface area (Å²) in [4.78, 5) is 27.9. The molecule has 30 heavy (non-hydrogen) atoms. The molecule has 1 amide bonds. The Morgan fingerprint density at radius 1 is 1.07 bits per heavy atom. The molecule has 0 radical (unpaired) electrons. The summed E-state index contributed by atoms with van der Waals surface area (Å²) in [5.74, 6) is 0.620. The van der Waals surface area contributed by atoms with Gasteiger partial charge in [0, 0.05) is 25.6 Å². The molecule has 0 saturated carbocycles. The first-order valence-electron chi connectivity index (χ1n) is 11.1. The number of amides is 1. The SMILES string of the molecule is COc1ccc(C(=O)[C@@H](CN2CCCC2)NC(=O)CCCCCC(C)(C)OC)cc1. The summed E-state index contributed by atoms with van der Waals surface area (Å²) in [6.07, 6.45) is 6.53. The Balaban J connectivity index is 1.88. The number of methoxy groups -OCH3 is 2. The molecule has 1 aliphatic rings. The number of carbonyl (C=O) groups is 2. The number of hydrogen-bond acceptors (Lipinski definition) is 5. The van der Waals surface area contributed by atoms with Gasteiger partial charge in [0.25, 0.3) is 0 Å². The number of nitrogens with zero attached hydrogens (tertiary/aromatic N) is 1. The second-order valence-electron chi connectivity index (χ2n) is 8.75. The number of likely N-dealkylation sites (tertiary alicyclic amines) is 1. The number of ether oxygens (including phenoxy) is 2.